The van der Waals surface area contributed by atoms with Gasteiger partial charge in [0, 0.05) is 22.5 Å². The Balaban J connectivity index is 1.49. The molecule has 1 atom stereocenters. The highest BCUT2D eigenvalue weighted by molar-refractivity contribution is 7.15. The molecule has 0 amide bonds. The molecule has 0 aliphatic heterocycles. The molecule has 3 aromatic rings. The molecule has 1 aliphatic carbocycles. The van der Waals surface area contributed by atoms with Crippen molar-refractivity contribution in [1.29, 1.82) is 0 Å². The van der Waals surface area contributed by atoms with Gasteiger partial charge in [-0.2, -0.15) is 0 Å². The lowest BCUT2D eigenvalue weighted by Gasteiger charge is -2.16. The van der Waals surface area contributed by atoms with E-state index < -0.39 is 0 Å². The smallest absolute Gasteiger partial charge is 0.348 e. The van der Waals surface area contributed by atoms with Gasteiger partial charge in [-0.15, -0.1) is 22.7 Å². The van der Waals surface area contributed by atoms with Gasteiger partial charge in [0.2, 0.25) is 0 Å². The average molecular weight is 360 g/mol. The van der Waals surface area contributed by atoms with E-state index in [0.717, 1.165) is 12.8 Å². The van der Waals surface area contributed by atoms with Gasteiger partial charge in [0.05, 0.1) is 5.69 Å². The number of thiazole rings is 1. The van der Waals surface area contributed by atoms with Gasteiger partial charge in [-0.05, 0) is 36.8 Å². The summed E-state index contributed by atoms with van der Waals surface area (Å²) in [6.07, 6.45) is 4.94. The number of esters is 1. The maximum Gasteiger partial charge on any atom is 0.348 e. The summed E-state index contributed by atoms with van der Waals surface area (Å²) in [5.74, 6) is 0.334. The molecule has 7 heteroatoms. The number of hydrogen-bond acceptors (Lipinski definition) is 6. The first kappa shape index (κ1) is 15.5. The van der Waals surface area contributed by atoms with Crippen LogP contribution in [0.1, 0.15) is 39.2 Å². The minimum Gasteiger partial charge on any atom is -0.455 e. The lowest BCUT2D eigenvalue weighted by Crippen LogP contribution is -2.14. The Kier molecular flexibility index (Phi) is 3.97. The lowest BCUT2D eigenvalue weighted by molar-refractivity contribution is 0.0473. The molecule has 1 aliphatic rings. The van der Waals surface area contributed by atoms with Crippen molar-refractivity contribution in [3.8, 4) is 0 Å². The summed E-state index contributed by atoms with van der Waals surface area (Å²) in [6.45, 7) is 2.25. The summed E-state index contributed by atoms with van der Waals surface area (Å²) in [7, 11) is 0. The molecule has 0 radical (unpaired) electrons. The van der Waals surface area contributed by atoms with E-state index in [0.29, 0.717) is 21.4 Å². The number of nitrogens with zero attached hydrogens (tertiary/aromatic N) is 2. The molecule has 1 unspecified atom stereocenters. The average Bonchev–Trinajstić information content (AvgIpc) is 3.18. The molecular weight excluding hydrogens is 344 g/mol. The zero-order valence-electron chi connectivity index (χ0n) is 13.2. The van der Waals surface area contributed by atoms with Crippen LogP contribution in [0.15, 0.2) is 28.5 Å². The van der Waals surface area contributed by atoms with Crippen LogP contribution in [0.2, 0.25) is 0 Å². The van der Waals surface area contributed by atoms with E-state index in [1.165, 1.54) is 50.0 Å². The third-order valence-electron chi connectivity index (χ3n) is 4.24. The zero-order chi connectivity index (χ0) is 16.7. The summed E-state index contributed by atoms with van der Waals surface area (Å²) in [5.41, 5.74) is 1.60. The molecule has 3 heterocycles. The van der Waals surface area contributed by atoms with E-state index in [1.807, 2.05) is 6.07 Å². The topological polar surface area (TPSA) is 60.7 Å². The van der Waals surface area contributed by atoms with Crippen LogP contribution in [0.25, 0.3) is 4.96 Å². The van der Waals surface area contributed by atoms with Gasteiger partial charge < -0.3 is 4.74 Å². The van der Waals surface area contributed by atoms with Gasteiger partial charge in [0.25, 0.3) is 5.56 Å². The number of ether oxygens (including phenoxy) is 1. The molecule has 0 bridgehead atoms. The highest BCUT2D eigenvalue weighted by Crippen LogP contribution is 2.32. The zero-order valence-corrected chi connectivity index (χ0v) is 14.8. The molecule has 4 rings (SSSR count). The van der Waals surface area contributed by atoms with E-state index in [4.69, 9.17) is 4.74 Å². The second kappa shape index (κ2) is 6.14. The summed E-state index contributed by atoms with van der Waals surface area (Å²) in [5, 5.41) is 1.80. The van der Waals surface area contributed by atoms with Crippen molar-refractivity contribution in [2.75, 3.05) is 0 Å². The number of hydrogen-bond donors (Lipinski definition) is 0. The largest absolute Gasteiger partial charge is 0.455 e. The van der Waals surface area contributed by atoms with Crippen LogP contribution in [0.4, 0.5) is 0 Å². The van der Waals surface area contributed by atoms with Gasteiger partial charge in [-0.25, -0.2) is 9.78 Å². The third-order valence-corrected chi connectivity index (χ3v) is 6.21. The number of carbonyl (C=O) groups excluding carboxylic acids is 1. The van der Waals surface area contributed by atoms with Crippen molar-refractivity contribution in [2.24, 2.45) is 5.92 Å². The molecule has 3 aromatic heterocycles. The van der Waals surface area contributed by atoms with E-state index in [2.05, 4.69) is 11.9 Å². The number of aryl methyl sites for hydroxylation is 1. The fourth-order valence-corrected chi connectivity index (χ4v) is 4.82. The molecule has 5 nitrogen and oxygen atoms in total. The summed E-state index contributed by atoms with van der Waals surface area (Å²) < 4.78 is 6.84. The summed E-state index contributed by atoms with van der Waals surface area (Å²) >= 11 is 2.91. The van der Waals surface area contributed by atoms with E-state index >= 15 is 0 Å². The quantitative estimate of drug-likeness (QED) is 0.673. The van der Waals surface area contributed by atoms with E-state index in [9.17, 15) is 9.59 Å². The Morgan fingerprint density at radius 2 is 2.33 bits per heavy atom. The Hall–Kier alpha value is -1.99. The minimum absolute atomic E-state index is 0.0153. The highest BCUT2D eigenvalue weighted by Gasteiger charge is 2.21. The Morgan fingerprint density at radius 1 is 1.46 bits per heavy atom. The number of thiophene rings is 1. The fraction of sp³-hybridized carbons (Fsp3) is 0.353. The van der Waals surface area contributed by atoms with Crippen molar-refractivity contribution in [3.05, 3.63) is 55.1 Å². The van der Waals surface area contributed by atoms with Crippen LogP contribution in [-0.2, 0) is 24.2 Å². The van der Waals surface area contributed by atoms with Crippen LogP contribution in [0.3, 0.4) is 0 Å². The number of rotatable bonds is 3. The molecule has 0 fully saturated rings. The van der Waals surface area contributed by atoms with Crippen molar-refractivity contribution in [1.82, 2.24) is 9.38 Å². The molecule has 0 N–H and O–H groups in total. The third kappa shape index (κ3) is 2.89. The Labute approximate surface area is 146 Å². The summed E-state index contributed by atoms with van der Waals surface area (Å²) in [4.78, 5) is 31.1. The van der Waals surface area contributed by atoms with Gasteiger partial charge in [-0.1, -0.05) is 6.92 Å². The van der Waals surface area contributed by atoms with Crippen molar-refractivity contribution in [2.45, 2.75) is 32.8 Å². The maximum absolute atomic E-state index is 12.3. The second-order valence-electron chi connectivity index (χ2n) is 6.12. The van der Waals surface area contributed by atoms with E-state index in [1.54, 1.807) is 11.6 Å². The van der Waals surface area contributed by atoms with Crippen molar-refractivity contribution >= 4 is 33.6 Å². The minimum atomic E-state index is -0.338. The predicted molar refractivity (Wildman–Crippen MR) is 94.0 cm³/mol. The normalized spacial score (nSPS) is 17.0. The fourth-order valence-electron chi connectivity index (χ4n) is 2.98. The van der Waals surface area contributed by atoms with Gasteiger partial charge >= 0.3 is 5.97 Å². The van der Waals surface area contributed by atoms with Gasteiger partial charge in [-0.3, -0.25) is 9.20 Å². The number of carbonyl (C=O) groups is 1. The lowest BCUT2D eigenvalue weighted by atomic mass is 9.90. The Morgan fingerprint density at radius 3 is 3.21 bits per heavy atom. The standard InChI is InChI=1S/C17H16N2O3S2/c1-10-2-3-13-11(6-10)7-14(24-13)16(21)22-9-12-8-15(20)19-4-5-23-17(19)18-12/h4-5,7-8,10H,2-3,6,9H2,1H3. The monoisotopic (exact) mass is 360 g/mol. The predicted octanol–water partition coefficient (Wildman–Crippen LogP) is 3.30. The highest BCUT2D eigenvalue weighted by atomic mass is 32.1. The van der Waals surface area contributed by atoms with Crippen LogP contribution in [0.5, 0.6) is 0 Å². The number of aromatic nitrogens is 2. The molecule has 124 valence electrons. The van der Waals surface area contributed by atoms with Crippen LogP contribution in [-0.4, -0.2) is 15.4 Å². The van der Waals surface area contributed by atoms with Crippen LogP contribution < -0.4 is 5.56 Å². The number of fused-ring (bicyclic) bond motifs is 2. The molecule has 0 spiro atoms. The Bertz CT molecular complexity index is 970. The molecule has 0 aromatic carbocycles. The van der Waals surface area contributed by atoms with Crippen molar-refractivity contribution in [3.63, 3.8) is 0 Å². The van der Waals surface area contributed by atoms with E-state index in [-0.39, 0.29) is 18.1 Å². The first-order chi connectivity index (χ1) is 11.6. The second-order valence-corrected chi connectivity index (χ2v) is 8.13. The first-order valence-corrected chi connectivity index (χ1v) is 9.54. The summed E-state index contributed by atoms with van der Waals surface area (Å²) in [6, 6.07) is 3.37. The molecule has 0 saturated carbocycles. The molecular formula is C17H16N2O3S2. The first-order valence-electron chi connectivity index (χ1n) is 7.84. The van der Waals surface area contributed by atoms with Crippen molar-refractivity contribution < 1.29 is 9.53 Å². The van der Waals surface area contributed by atoms with Gasteiger partial charge in [0.1, 0.15) is 11.5 Å². The molecule has 0 saturated heterocycles. The van der Waals surface area contributed by atoms with Crippen LogP contribution >= 0.6 is 22.7 Å². The molecule has 24 heavy (non-hydrogen) atoms. The SMILES string of the molecule is CC1CCc2sc(C(=O)OCc3cc(=O)n4ccsc4n3)cc2C1. The van der Waals surface area contributed by atoms with Gasteiger partial charge in [0.15, 0.2) is 4.96 Å². The van der Waals surface area contributed by atoms with Crippen LogP contribution in [0, 0.1) is 5.92 Å². The maximum atomic E-state index is 12.3.